The van der Waals surface area contributed by atoms with Crippen LogP contribution in [0, 0.1) is 5.41 Å². The fraction of sp³-hybridized carbons (Fsp3) is 0.500. The van der Waals surface area contributed by atoms with Gasteiger partial charge in [0.25, 0.3) is 0 Å². The molecule has 1 aromatic rings. The molecule has 0 saturated heterocycles. The second kappa shape index (κ2) is 5.75. The van der Waals surface area contributed by atoms with Crippen LogP contribution in [0.5, 0.6) is 0 Å². The lowest BCUT2D eigenvalue weighted by atomic mass is 9.88. The van der Waals surface area contributed by atoms with Crippen LogP contribution in [0.15, 0.2) is 24.3 Å². The predicted octanol–water partition coefficient (Wildman–Crippen LogP) is 2.16. The molecule has 1 aromatic carbocycles. The number of hydrogen-bond donors (Lipinski definition) is 0. The minimum Gasteiger partial charge on any atom is -0.465 e. The van der Waals surface area contributed by atoms with E-state index in [1.807, 2.05) is 12.1 Å². The van der Waals surface area contributed by atoms with Crippen molar-refractivity contribution in [3.63, 3.8) is 0 Å². The number of carbonyl (C=O) groups is 2. The Bertz CT molecular complexity index is 497. The average molecular weight is 275 g/mol. The maximum absolute atomic E-state index is 12.3. The molecule has 108 valence electrons. The van der Waals surface area contributed by atoms with Crippen molar-refractivity contribution in [1.82, 2.24) is 4.90 Å². The van der Waals surface area contributed by atoms with Crippen molar-refractivity contribution in [1.29, 1.82) is 0 Å². The van der Waals surface area contributed by atoms with E-state index in [9.17, 15) is 9.59 Å². The lowest BCUT2D eigenvalue weighted by molar-refractivity contribution is -0.158. The van der Waals surface area contributed by atoms with Gasteiger partial charge in [0.1, 0.15) is 5.41 Å². The average Bonchev–Trinajstić information content (AvgIpc) is 2.80. The smallest absolute Gasteiger partial charge is 0.319 e. The highest BCUT2D eigenvalue weighted by Crippen LogP contribution is 2.25. The number of hydrogen-bond acceptors (Lipinski definition) is 4. The number of ether oxygens (including phenoxy) is 1. The molecule has 1 aliphatic rings. The van der Waals surface area contributed by atoms with Crippen LogP contribution >= 0.6 is 0 Å². The van der Waals surface area contributed by atoms with Crippen LogP contribution in [0.1, 0.15) is 31.9 Å². The summed E-state index contributed by atoms with van der Waals surface area (Å²) in [6.45, 7) is 7.12. The number of rotatable bonds is 5. The van der Waals surface area contributed by atoms with Crippen molar-refractivity contribution in [3.05, 3.63) is 35.4 Å². The molecular formula is C16H21NO3. The van der Waals surface area contributed by atoms with E-state index in [0.29, 0.717) is 6.61 Å². The summed E-state index contributed by atoms with van der Waals surface area (Å²) in [5, 5.41) is 0. The largest absolute Gasteiger partial charge is 0.465 e. The van der Waals surface area contributed by atoms with Crippen LogP contribution in [0.3, 0.4) is 0 Å². The molecule has 0 radical (unpaired) electrons. The Morgan fingerprint density at radius 1 is 1.20 bits per heavy atom. The molecule has 4 nitrogen and oxygen atoms in total. The van der Waals surface area contributed by atoms with Gasteiger partial charge in [-0.3, -0.25) is 14.5 Å². The first-order valence-electron chi connectivity index (χ1n) is 6.94. The molecule has 4 heteroatoms. The highest BCUT2D eigenvalue weighted by atomic mass is 16.5. The van der Waals surface area contributed by atoms with Gasteiger partial charge < -0.3 is 4.74 Å². The third-order valence-electron chi connectivity index (χ3n) is 3.76. The third-order valence-corrected chi connectivity index (χ3v) is 3.76. The zero-order valence-corrected chi connectivity index (χ0v) is 12.3. The first-order valence-corrected chi connectivity index (χ1v) is 6.94. The van der Waals surface area contributed by atoms with Gasteiger partial charge in [-0.25, -0.2) is 0 Å². The van der Waals surface area contributed by atoms with Crippen LogP contribution in [-0.4, -0.2) is 29.8 Å². The van der Waals surface area contributed by atoms with Gasteiger partial charge in [0, 0.05) is 13.1 Å². The van der Waals surface area contributed by atoms with Gasteiger partial charge in [-0.2, -0.15) is 0 Å². The summed E-state index contributed by atoms with van der Waals surface area (Å²) >= 11 is 0. The van der Waals surface area contributed by atoms with Crippen LogP contribution in [0.2, 0.25) is 0 Å². The van der Waals surface area contributed by atoms with Crippen LogP contribution in [-0.2, 0) is 27.4 Å². The third kappa shape index (κ3) is 2.90. The van der Waals surface area contributed by atoms with E-state index in [-0.39, 0.29) is 12.3 Å². The van der Waals surface area contributed by atoms with Crippen LogP contribution in [0.4, 0.5) is 0 Å². The summed E-state index contributed by atoms with van der Waals surface area (Å²) in [7, 11) is 0. The number of nitrogens with zero attached hydrogens (tertiary/aromatic N) is 1. The molecule has 0 aromatic heterocycles. The number of Topliss-reactive ketones (excluding diaryl/α,β-unsaturated/α-hetero) is 1. The summed E-state index contributed by atoms with van der Waals surface area (Å²) in [6, 6.07) is 8.17. The van der Waals surface area contributed by atoms with Crippen LogP contribution in [0.25, 0.3) is 0 Å². The molecule has 0 bridgehead atoms. The molecule has 1 heterocycles. The second-order valence-corrected chi connectivity index (χ2v) is 5.68. The first kappa shape index (κ1) is 14.7. The maximum atomic E-state index is 12.3. The van der Waals surface area contributed by atoms with Crippen molar-refractivity contribution >= 4 is 11.8 Å². The van der Waals surface area contributed by atoms with Gasteiger partial charge in [-0.1, -0.05) is 24.3 Å². The van der Waals surface area contributed by atoms with Crippen molar-refractivity contribution in [2.24, 2.45) is 5.41 Å². The maximum Gasteiger partial charge on any atom is 0.319 e. The Kier molecular flexibility index (Phi) is 4.23. The molecule has 0 amide bonds. The molecular weight excluding hydrogens is 254 g/mol. The highest BCUT2D eigenvalue weighted by Gasteiger charge is 2.38. The van der Waals surface area contributed by atoms with Gasteiger partial charge in [0.2, 0.25) is 0 Å². The Morgan fingerprint density at radius 2 is 1.75 bits per heavy atom. The number of esters is 1. The lowest BCUT2D eigenvalue weighted by Crippen LogP contribution is -2.41. The molecule has 20 heavy (non-hydrogen) atoms. The summed E-state index contributed by atoms with van der Waals surface area (Å²) < 4.78 is 4.98. The standard InChI is InChI=1S/C16H21NO3/c1-4-20-15(19)16(2,3)14(18)11-17-9-12-7-5-6-8-13(12)10-17/h5-8H,4,9-11H2,1-3H3. The fourth-order valence-electron chi connectivity index (χ4n) is 2.34. The molecule has 0 N–H and O–H groups in total. The van der Waals surface area contributed by atoms with Crippen molar-refractivity contribution < 1.29 is 14.3 Å². The van der Waals surface area contributed by atoms with Crippen molar-refractivity contribution in [2.45, 2.75) is 33.9 Å². The van der Waals surface area contributed by atoms with Gasteiger partial charge >= 0.3 is 5.97 Å². The topological polar surface area (TPSA) is 46.6 Å². The highest BCUT2D eigenvalue weighted by molar-refractivity contribution is 6.03. The van der Waals surface area contributed by atoms with E-state index in [2.05, 4.69) is 17.0 Å². The molecule has 0 atom stereocenters. The van der Waals surface area contributed by atoms with E-state index >= 15 is 0 Å². The molecule has 1 aliphatic heterocycles. The number of benzene rings is 1. The zero-order valence-electron chi connectivity index (χ0n) is 12.3. The molecule has 0 fully saturated rings. The first-order chi connectivity index (χ1) is 9.45. The Labute approximate surface area is 119 Å². The Balaban J connectivity index is 1.98. The SMILES string of the molecule is CCOC(=O)C(C)(C)C(=O)CN1Cc2ccccc2C1. The molecule has 0 saturated carbocycles. The zero-order chi connectivity index (χ0) is 14.8. The molecule has 2 rings (SSSR count). The summed E-state index contributed by atoms with van der Waals surface area (Å²) in [5.41, 5.74) is 1.44. The fourth-order valence-corrected chi connectivity index (χ4v) is 2.34. The van der Waals surface area contributed by atoms with E-state index in [4.69, 9.17) is 4.74 Å². The molecule has 0 aliphatic carbocycles. The predicted molar refractivity (Wildman–Crippen MR) is 76.0 cm³/mol. The van der Waals surface area contributed by atoms with E-state index in [0.717, 1.165) is 13.1 Å². The van der Waals surface area contributed by atoms with Gasteiger partial charge in [0.15, 0.2) is 5.78 Å². The quantitative estimate of drug-likeness (QED) is 0.610. The lowest BCUT2D eigenvalue weighted by Gasteiger charge is -2.23. The summed E-state index contributed by atoms with van der Waals surface area (Å²) in [4.78, 5) is 26.2. The molecule has 0 unspecified atom stereocenters. The second-order valence-electron chi connectivity index (χ2n) is 5.68. The minimum atomic E-state index is -1.08. The number of fused-ring (bicyclic) bond motifs is 1. The van der Waals surface area contributed by atoms with Gasteiger partial charge in [-0.05, 0) is 31.9 Å². The van der Waals surface area contributed by atoms with E-state index < -0.39 is 11.4 Å². The van der Waals surface area contributed by atoms with Crippen molar-refractivity contribution in [2.75, 3.05) is 13.2 Å². The summed E-state index contributed by atoms with van der Waals surface area (Å²) in [6.07, 6.45) is 0. The van der Waals surface area contributed by atoms with Crippen LogP contribution < -0.4 is 0 Å². The normalized spacial score (nSPS) is 14.9. The van der Waals surface area contributed by atoms with Crippen molar-refractivity contribution in [3.8, 4) is 0 Å². The van der Waals surface area contributed by atoms with E-state index in [1.54, 1.807) is 20.8 Å². The molecule has 0 spiro atoms. The Hall–Kier alpha value is -1.68. The monoisotopic (exact) mass is 275 g/mol. The van der Waals surface area contributed by atoms with E-state index in [1.165, 1.54) is 11.1 Å². The summed E-state index contributed by atoms with van der Waals surface area (Å²) in [5.74, 6) is -0.537. The Morgan fingerprint density at radius 3 is 2.25 bits per heavy atom. The van der Waals surface area contributed by atoms with Gasteiger partial charge in [0.05, 0.1) is 13.2 Å². The number of ketones is 1. The minimum absolute atomic E-state index is 0.0937. The van der Waals surface area contributed by atoms with Gasteiger partial charge in [-0.15, -0.1) is 0 Å². The number of carbonyl (C=O) groups excluding carboxylic acids is 2.